The molecule has 5 heteroatoms. The Morgan fingerprint density at radius 2 is 2.09 bits per heavy atom. The Hall–Kier alpha value is -1.59. The maximum absolute atomic E-state index is 12.2. The lowest BCUT2D eigenvalue weighted by Crippen LogP contribution is -2.40. The van der Waals surface area contributed by atoms with Crippen LogP contribution in [0.4, 0.5) is 0 Å². The predicted octanol–water partition coefficient (Wildman–Crippen LogP) is 1.97. The molecule has 128 valence electrons. The maximum atomic E-state index is 12.2. The minimum Gasteiger partial charge on any atom is -0.491 e. The smallest absolute Gasteiger partial charge is 0.223 e. The summed E-state index contributed by atoms with van der Waals surface area (Å²) in [6.07, 6.45) is 1.14. The standard InChI is InChI=1S/C18H28N2O3/c1-13(2)23-16-6-4-5-15(11-16)17(21)12-19-18(22)14-7-9-20(3)10-8-14/h4-6,11,13-14,17,21H,7-10,12H2,1-3H3,(H,19,22). The molecule has 1 atom stereocenters. The number of nitrogens with one attached hydrogen (secondary N) is 1. The highest BCUT2D eigenvalue weighted by Crippen LogP contribution is 2.21. The van der Waals surface area contributed by atoms with Crippen molar-refractivity contribution in [2.45, 2.75) is 38.9 Å². The van der Waals surface area contributed by atoms with E-state index in [0.717, 1.165) is 37.2 Å². The Bertz CT molecular complexity index is 511. The first kappa shape index (κ1) is 17.8. The molecule has 5 nitrogen and oxygen atoms in total. The number of piperidine rings is 1. The van der Waals surface area contributed by atoms with Gasteiger partial charge >= 0.3 is 0 Å². The Morgan fingerprint density at radius 1 is 1.39 bits per heavy atom. The van der Waals surface area contributed by atoms with Crippen molar-refractivity contribution in [1.82, 2.24) is 10.2 Å². The molecular formula is C18H28N2O3. The average molecular weight is 320 g/mol. The van der Waals surface area contributed by atoms with E-state index in [-0.39, 0.29) is 24.5 Å². The summed E-state index contributed by atoms with van der Waals surface area (Å²) in [5.41, 5.74) is 0.756. The third-order valence-electron chi connectivity index (χ3n) is 4.17. The van der Waals surface area contributed by atoms with Crippen molar-refractivity contribution in [2.24, 2.45) is 5.92 Å². The molecule has 0 spiro atoms. The third kappa shape index (κ3) is 5.52. The third-order valence-corrected chi connectivity index (χ3v) is 4.17. The van der Waals surface area contributed by atoms with Crippen molar-refractivity contribution < 1.29 is 14.6 Å². The summed E-state index contributed by atoms with van der Waals surface area (Å²) in [4.78, 5) is 14.4. The fraction of sp³-hybridized carbons (Fsp3) is 0.611. The summed E-state index contributed by atoms with van der Waals surface area (Å²) in [7, 11) is 2.07. The molecule has 1 aliphatic heterocycles. The largest absolute Gasteiger partial charge is 0.491 e. The van der Waals surface area contributed by atoms with Gasteiger partial charge in [0.1, 0.15) is 5.75 Å². The minimum atomic E-state index is -0.721. The second-order valence-electron chi connectivity index (χ2n) is 6.58. The van der Waals surface area contributed by atoms with Gasteiger partial charge in [-0.25, -0.2) is 0 Å². The molecule has 0 aromatic heterocycles. The van der Waals surface area contributed by atoms with Gasteiger partial charge in [0, 0.05) is 12.5 Å². The molecule has 0 radical (unpaired) electrons. The first-order chi connectivity index (χ1) is 11.0. The first-order valence-corrected chi connectivity index (χ1v) is 8.36. The van der Waals surface area contributed by atoms with Crippen LogP contribution in [-0.4, -0.2) is 48.7 Å². The number of aliphatic hydroxyl groups is 1. The molecule has 0 aliphatic carbocycles. The lowest BCUT2D eigenvalue weighted by molar-refractivity contribution is -0.126. The number of nitrogens with zero attached hydrogens (tertiary/aromatic N) is 1. The van der Waals surface area contributed by atoms with Crippen LogP contribution in [0.25, 0.3) is 0 Å². The molecule has 0 bridgehead atoms. The lowest BCUT2D eigenvalue weighted by Gasteiger charge is -2.28. The predicted molar refractivity (Wildman–Crippen MR) is 90.4 cm³/mol. The number of aliphatic hydroxyl groups excluding tert-OH is 1. The molecule has 1 amide bonds. The first-order valence-electron chi connectivity index (χ1n) is 8.36. The van der Waals surface area contributed by atoms with Gasteiger partial charge in [-0.15, -0.1) is 0 Å². The van der Waals surface area contributed by atoms with E-state index in [9.17, 15) is 9.90 Å². The average Bonchev–Trinajstić information content (AvgIpc) is 2.52. The molecule has 23 heavy (non-hydrogen) atoms. The fourth-order valence-corrected chi connectivity index (χ4v) is 2.80. The SMILES string of the molecule is CC(C)Oc1cccc(C(O)CNC(=O)C2CCN(C)CC2)c1. The van der Waals surface area contributed by atoms with Crippen LogP contribution in [0.5, 0.6) is 5.75 Å². The van der Waals surface area contributed by atoms with Crippen molar-refractivity contribution in [1.29, 1.82) is 0 Å². The molecule has 0 saturated carbocycles. The van der Waals surface area contributed by atoms with Gasteiger partial charge < -0.3 is 20.1 Å². The van der Waals surface area contributed by atoms with E-state index in [4.69, 9.17) is 4.74 Å². The zero-order chi connectivity index (χ0) is 16.8. The normalized spacial score (nSPS) is 18.0. The van der Waals surface area contributed by atoms with Crippen LogP contribution < -0.4 is 10.1 Å². The van der Waals surface area contributed by atoms with E-state index < -0.39 is 6.10 Å². The molecule has 1 aromatic carbocycles. The van der Waals surface area contributed by atoms with Crippen molar-refractivity contribution in [3.05, 3.63) is 29.8 Å². The lowest BCUT2D eigenvalue weighted by atomic mass is 9.96. The Morgan fingerprint density at radius 3 is 2.74 bits per heavy atom. The summed E-state index contributed by atoms with van der Waals surface area (Å²) in [5.74, 6) is 0.846. The van der Waals surface area contributed by atoms with E-state index in [1.807, 2.05) is 38.1 Å². The number of carbonyl (C=O) groups excluding carboxylic acids is 1. The van der Waals surface area contributed by atoms with Gasteiger partial charge in [-0.1, -0.05) is 12.1 Å². The van der Waals surface area contributed by atoms with Gasteiger partial charge in [0.25, 0.3) is 0 Å². The van der Waals surface area contributed by atoms with E-state index >= 15 is 0 Å². The number of rotatable bonds is 6. The van der Waals surface area contributed by atoms with Gasteiger partial charge in [-0.05, 0) is 64.5 Å². The van der Waals surface area contributed by atoms with Crippen LogP contribution in [0.2, 0.25) is 0 Å². The van der Waals surface area contributed by atoms with Crippen LogP contribution in [0.1, 0.15) is 38.4 Å². The molecule has 1 saturated heterocycles. The summed E-state index contributed by atoms with van der Waals surface area (Å²) < 4.78 is 5.63. The van der Waals surface area contributed by atoms with Crippen LogP contribution in [0, 0.1) is 5.92 Å². The van der Waals surface area contributed by atoms with Crippen LogP contribution in [0.15, 0.2) is 24.3 Å². The number of benzene rings is 1. The number of amides is 1. The Balaban J connectivity index is 1.84. The van der Waals surface area contributed by atoms with Crippen molar-refractivity contribution in [3.8, 4) is 5.75 Å². The number of hydrogen-bond donors (Lipinski definition) is 2. The van der Waals surface area contributed by atoms with Gasteiger partial charge in [0.05, 0.1) is 12.2 Å². The second-order valence-corrected chi connectivity index (χ2v) is 6.58. The van der Waals surface area contributed by atoms with Gasteiger partial charge in [-0.2, -0.15) is 0 Å². The molecular weight excluding hydrogens is 292 g/mol. The topological polar surface area (TPSA) is 61.8 Å². The molecule has 1 aliphatic rings. The fourth-order valence-electron chi connectivity index (χ4n) is 2.80. The zero-order valence-electron chi connectivity index (χ0n) is 14.3. The zero-order valence-corrected chi connectivity index (χ0v) is 14.3. The molecule has 1 aromatic rings. The van der Waals surface area contributed by atoms with Crippen molar-refractivity contribution in [2.75, 3.05) is 26.7 Å². The highest BCUT2D eigenvalue weighted by molar-refractivity contribution is 5.78. The molecule has 1 heterocycles. The number of ether oxygens (including phenoxy) is 1. The number of carbonyl (C=O) groups is 1. The minimum absolute atomic E-state index is 0.0479. The van der Waals surface area contributed by atoms with Crippen LogP contribution in [0.3, 0.4) is 0 Å². The summed E-state index contributed by atoms with van der Waals surface area (Å²) >= 11 is 0. The molecule has 1 unspecified atom stereocenters. The van der Waals surface area contributed by atoms with Crippen LogP contribution >= 0.6 is 0 Å². The maximum Gasteiger partial charge on any atom is 0.223 e. The van der Waals surface area contributed by atoms with E-state index in [1.165, 1.54) is 0 Å². The highest BCUT2D eigenvalue weighted by Gasteiger charge is 2.23. The molecule has 2 rings (SSSR count). The highest BCUT2D eigenvalue weighted by atomic mass is 16.5. The van der Waals surface area contributed by atoms with E-state index in [0.29, 0.717) is 0 Å². The van der Waals surface area contributed by atoms with Crippen molar-refractivity contribution >= 4 is 5.91 Å². The monoisotopic (exact) mass is 320 g/mol. The van der Waals surface area contributed by atoms with E-state index in [1.54, 1.807) is 0 Å². The van der Waals surface area contributed by atoms with Gasteiger partial charge in [-0.3, -0.25) is 4.79 Å². The van der Waals surface area contributed by atoms with E-state index in [2.05, 4.69) is 17.3 Å². The number of likely N-dealkylation sites (tertiary alicyclic amines) is 1. The van der Waals surface area contributed by atoms with Crippen LogP contribution in [-0.2, 0) is 4.79 Å². The van der Waals surface area contributed by atoms with Gasteiger partial charge in [0.15, 0.2) is 0 Å². The summed E-state index contributed by atoms with van der Waals surface area (Å²) in [5, 5.41) is 13.2. The Labute approximate surface area is 138 Å². The quantitative estimate of drug-likeness (QED) is 0.841. The Kier molecular flexibility index (Phi) is 6.42. The molecule has 2 N–H and O–H groups in total. The second kappa shape index (κ2) is 8.31. The number of hydrogen-bond acceptors (Lipinski definition) is 4. The molecule has 1 fully saturated rings. The summed E-state index contributed by atoms with van der Waals surface area (Å²) in [6.45, 7) is 6.07. The van der Waals surface area contributed by atoms with Crippen molar-refractivity contribution in [3.63, 3.8) is 0 Å². The summed E-state index contributed by atoms with van der Waals surface area (Å²) in [6, 6.07) is 7.40. The van der Waals surface area contributed by atoms with Gasteiger partial charge in [0.2, 0.25) is 5.91 Å².